The molecule has 112 valence electrons. The van der Waals surface area contributed by atoms with Crippen molar-refractivity contribution in [1.82, 2.24) is 0 Å². The third-order valence-electron chi connectivity index (χ3n) is 3.33. The third-order valence-corrected chi connectivity index (χ3v) is 3.62. The van der Waals surface area contributed by atoms with E-state index in [9.17, 15) is 15.0 Å². The minimum atomic E-state index is -1.08. The lowest BCUT2D eigenvalue weighted by Crippen LogP contribution is -2.38. The highest BCUT2D eigenvalue weighted by Crippen LogP contribution is 2.34. The SMILES string of the molecule is CCC(CC)N(CCO)c1c(Cl)cc(N)cc1C(=O)O. The Bertz CT molecular complexity index is 476. The Morgan fingerprint density at radius 1 is 1.40 bits per heavy atom. The van der Waals surface area contributed by atoms with Crippen molar-refractivity contribution in [3.8, 4) is 0 Å². The summed E-state index contributed by atoms with van der Waals surface area (Å²) in [5.41, 5.74) is 6.47. The maximum absolute atomic E-state index is 11.4. The van der Waals surface area contributed by atoms with Crippen molar-refractivity contribution in [2.75, 3.05) is 23.8 Å². The molecule has 1 rings (SSSR count). The van der Waals surface area contributed by atoms with E-state index in [2.05, 4.69) is 0 Å². The van der Waals surface area contributed by atoms with E-state index < -0.39 is 5.97 Å². The number of aliphatic hydroxyl groups is 1. The van der Waals surface area contributed by atoms with Gasteiger partial charge in [-0.05, 0) is 25.0 Å². The van der Waals surface area contributed by atoms with Gasteiger partial charge in [-0.2, -0.15) is 0 Å². The van der Waals surface area contributed by atoms with Crippen molar-refractivity contribution in [3.63, 3.8) is 0 Å². The molecule has 20 heavy (non-hydrogen) atoms. The molecular formula is C14H21ClN2O3. The van der Waals surface area contributed by atoms with Gasteiger partial charge in [0.2, 0.25) is 0 Å². The van der Waals surface area contributed by atoms with Gasteiger partial charge in [0.15, 0.2) is 0 Å². The smallest absolute Gasteiger partial charge is 0.337 e. The minimum absolute atomic E-state index is 0.0651. The number of carboxylic acids is 1. The van der Waals surface area contributed by atoms with Crippen molar-refractivity contribution in [1.29, 1.82) is 0 Å². The molecule has 1 aromatic rings. The van der Waals surface area contributed by atoms with Crippen LogP contribution in [0.25, 0.3) is 0 Å². The van der Waals surface area contributed by atoms with Gasteiger partial charge in [-0.1, -0.05) is 25.4 Å². The predicted octanol–water partition coefficient (Wildman–Crippen LogP) is 2.61. The van der Waals surface area contributed by atoms with Gasteiger partial charge >= 0.3 is 5.97 Å². The van der Waals surface area contributed by atoms with Gasteiger partial charge in [0.05, 0.1) is 22.9 Å². The average molecular weight is 301 g/mol. The molecule has 0 saturated heterocycles. The maximum Gasteiger partial charge on any atom is 0.337 e. The quantitative estimate of drug-likeness (QED) is 0.674. The first-order valence-electron chi connectivity index (χ1n) is 6.66. The van der Waals surface area contributed by atoms with E-state index in [1.54, 1.807) is 0 Å². The lowest BCUT2D eigenvalue weighted by molar-refractivity contribution is 0.0697. The van der Waals surface area contributed by atoms with Crippen LogP contribution in [-0.4, -0.2) is 35.4 Å². The molecule has 0 radical (unpaired) electrons. The van der Waals surface area contributed by atoms with Crippen LogP contribution in [0.3, 0.4) is 0 Å². The second kappa shape index (κ2) is 7.36. The summed E-state index contributed by atoms with van der Waals surface area (Å²) in [4.78, 5) is 13.3. The van der Waals surface area contributed by atoms with Crippen molar-refractivity contribution < 1.29 is 15.0 Å². The molecule has 0 unspecified atom stereocenters. The molecule has 0 amide bonds. The molecule has 0 aliphatic heterocycles. The number of nitrogens with two attached hydrogens (primary N) is 1. The monoisotopic (exact) mass is 300 g/mol. The highest BCUT2D eigenvalue weighted by atomic mass is 35.5. The summed E-state index contributed by atoms with van der Waals surface area (Å²) in [6.45, 7) is 4.29. The second-order valence-corrected chi connectivity index (χ2v) is 5.00. The molecule has 0 bridgehead atoms. The van der Waals surface area contributed by atoms with Crippen molar-refractivity contribution in [3.05, 3.63) is 22.7 Å². The summed E-state index contributed by atoms with van der Waals surface area (Å²) in [6.07, 6.45) is 1.66. The summed E-state index contributed by atoms with van der Waals surface area (Å²) in [6, 6.07) is 3.05. The number of hydrogen-bond donors (Lipinski definition) is 3. The molecule has 1 aromatic carbocycles. The van der Waals surface area contributed by atoms with Crippen LogP contribution in [0.15, 0.2) is 12.1 Å². The van der Waals surface area contributed by atoms with E-state index in [0.717, 1.165) is 12.8 Å². The van der Waals surface area contributed by atoms with Crippen LogP contribution in [-0.2, 0) is 0 Å². The van der Waals surface area contributed by atoms with Gasteiger partial charge in [-0.3, -0.25) is 0 Å². The number of nitrogen functional groups attached to an aromatic ring is 1. The van der Waals surface area contributed by atoms with Crippen molar-refractivity contribution >= 4 is 28.9 Å². The summed E-state index contributed by atoms with van der Waals surface area (Å²) >= 11 is 6.20. The Labute approximate surface area is 124 Å². The Balaban J connectivity index is 3.41. The standard InChI is InChI=1S/C14H21ClN2O3/c1-3-10(4-2)17(5-6-18)13-11(14(19)20)7-9(16)8-12(13)15/h7-8,10,18H,3-6,16H2,1-2H3,(H,19,20). The lowest BCUT2D eigenvalue weighted by atomic mass is 10.1. The number of rotatable bonds is 7. The Morgan fingerprint density at radius 3 is 2.45 bits per heavy atom. The van der Waals surface area contributed by atoms with E-state index in [1.165, 1.54) is 12.1 Å². The van der Waals surface area contributed by atoms with Crippen LogP contribution in [0.1, 0.15) is 37.0 Å². The van der Waals surface area contributed by atoms with Crippen LogP contribution < -0.4 is 10.6 Å². The zero-order chi connectivity index (χ0) is 15.3. The van der Waals surface area contributed by atoms with Gasteiger partial charge in [0, 0.05) is 18.3 Å². The summed E-state index contributed by atoms with van der Waals surface area (Å²) in [5.74, 6) is -1.08. The highest BCUT2D eigenvalue weighted by molar-refractivity contribution is 6.34. The van der Waals surface area contributed by atoms with Gasteiger partial charge < -0.3 is 20.8 Å². The van der Waals surface area contributed by atoms with Crippen LogP contribution in [0.4, 0.5) is 11.4 Å². The number of nitrogens with zero attached hydrogens (tertiary/aromatic N) is 1. The van der Waals surface area contributed by atoms with E-state index >= 15 is 0 Å². The van der Waals surface area contributed by atoms with Crippen molar-refractivity contribution in [2.24, 2.45) is 0 Å². The fourth-order valence-electron chi connectivity index (χ4n) is 2.39. The molecule has 0 aromatic heterocycles. The lowest BCUT2D eigenvalue weighted by Gasteiger charge is -2.34. The summed E-state index contributed by atoms with van der Waals surface area (Å²) in [5, 5.41) is 18.9. The first kappa shape index (κ1) is 16.6. The zero-order valence-corrected chi connectivity index (χ0v) is 12.5. The number of carbonyl (C=O) groups is 1. The van der Waals surface area contributed by atoms with E-state index in [0.29, 0.717) is 22.9 Å². The van der Waals surface area contributed by atoms with Crippen LogP contribution in [0.2, 0.25) is 5.02 Å². The topological polar surface area (TPSA) is 86.8 Å². The Hall–Kier alpha value is -1.46. The third kappa shape index (κ3) is 3.55. The molecule has 0 aliphatic carbocycles. The second-order valence-electron chi connectivity index (χ2n) is 4.59. The highest BCUT2D eigenvalue weighted by Gasteiger charge is 2.24. The fraction of sp³-hybridized carbons (Fsp3) is 0.500. The largest absolute Gasteiger partial charge is 0.478 e. The fourth-order valence-corrected chi connectivity index (χ4v) is 2.73. The average Bonchev–Trinajstić information content (AvgIpc) is 2.38. The van der Waals surface area contributed by atoms with Gasteiger partial charge in [0.25, 0.3) is 0 Å². The molecule has 6 heteroatoms. The molecule has 0 spiro atoms. The molecular weight excluding hydrogens is 280 g/mol. The number of aliphatic hydroxyl groups excluding tert-OH is 1. The molecule has 0 aliphatic rings. The normalized spacial score (nSPS) is 10.8. The molecule has 0 atom stereocenters. The van der Waals surface area contributed by atoms with Gasteiger partial charge in [-0.15, -0.1) is 0 Å². The molecule has 0 fully saturated rings. The Morgan fingerprint density at radius 2 is 2.00 bits per heavy atom. The minimum Gasteiger partial charge on any atom is -0.478 e. The van der Waals surface area contributed by atoms with Crippen LogP contribution >= 0.6 is 11.6 Å². The van der Waals surface area contributed by atoms with Crippen LogP contribution in [0.5, 0.6) is 0 Å². The number of benzene rings is 1. The van der Waals surface area contributed by atoms with Crippen molar-refractivity contribution in [2.45, 2.75) is 32.7 Å². The van der Waals surface area contributed by atoms with E-state index in [1.807, 2.05) is 18.7 Å². The molecule has 5 nitrogen and oxygen atoms in total. The summed E-state index contributed by atoms with van der Waals surface area (Å²) < 4.78 is 0. The zero-order valence-electron chi connectivity index (χ0n) is 11.8. The number of carboxylic acid groups (broad SMARTS) is 1. The van der Waals surface area contributed by atoms with E-state index in [-0.39, 0.29) is 18.2 Å². The Kier molecular flexibility index (Phi) is 6.10. The summed E-state index contributed by atoms with van der Waals surface area (Å²) in [7, 11) is 0. The predicted molar refractivity (Wildman–Crippen MR) is 81.6 cm³/mol. The molecule has 0 saturated carbocycles. The van der Waals surface area contributed by atoms with Crippen LogP contribution in [0, 0.1) is 0 Å². The first-order chi connectivity index (χ1) is 9.46. The maximum atomic E-state index is 11.4. The molecule has 0 heterocycles. The number of aromatic carboxylic acids is 1. The molecule has 4 N–H and O–H groups in total. The van der Waals surface area contributed by atoms with E-state index in [4.69, 9.17) is 17.3 Å². The number of halogens is 1. The first-order valence-corrected chi connectivity index (χ1v) is 7.03. The number of anilines is 2. The van der Waals surface area contributed by atoms with Gasteiger partial charge in [0.1, 0.15) is 0 Å². The number of hydrogen-bond acceptors (Lipinski definition) is 4. The van der Waals surface area contributed by atoms with Gasteiger partial charge in [-0.25, -0.2) is 4.79 Å².